The first-order chi connectivity index (χ1) is 18.2. The molecule has 1 saturated heterocycles. The molecule has 0 atom stereocenters. The van der Waals surface area contributed by atoms with E-state index >= 15 is 0 Å². The highest BCUT2D eigenvalue weighted by Crippen LogP contribution is 2.35. The van der Waals surface area contributed by atoms with Crippen molar-refractivity contribution in [2.24, 2.45) is 0 Å². The molecular formula is C30H30N4O2S. The van der Waals surface area contributed by atoms with Gasteiger partial charge in [-0.1, -0.05) is 78.5 Å². The molecule has 1 aromatic heterocycles. The number of amides is 1. The number of oxazole rings is 1. The highest BCUT2D eigenvalue weighted by atomic mass is 32.2. The minimum absolute atomic E-state index is 0.100. The van der Waals surface area contributed by atoms with Crippen LogP contribution in [0, 0.1) is 0 Å². The molecule has 2 heterocycles. The van der Waals surface area contributed by atoms with E-state index in [4.69, 9.17) is 9.40 Å². The van der Waals surface area contributed by atoms with E-state index in [9.17, 15) is 4.79 Å². The minimum atomic E-state index is -0.100. The molecule has 1 N–H and O–H groups in total. The summed E-state index contributed by atoms with van der Waals surface area (Å²) in [6, 6.07) is 27.9. The van der Waals surface area contributed by atoms with Gasteiger partial charge in [-0.25, -0.2) is 4.98 Å². The van der Waals surface area contributed by atoms with Crippen molar-refractivity contribution < 1.29 is 9.21 Å². The fourth-order valence-corrected chi connectivity index (χ4v) is 5.02. The SMILES string of the molecule is C=CCN1CCN(c2ccc(NC(=O)CSc3nc(-c4ccccc4)c(-c4ccccc4)o3)cc2)CC1. The Morgan fingerprint density at radius 2 is 1.57 bits per heavy atom. The lowest BCUT2D eigenvalue weighted by Crippen LogP contribution is -2.46. The Hall–Kier alpha value is -3.81. The summed E-state index contributed by atoms with van der Waals surface area (Å²) in [4.78, 5) is 22.2. The summed E-state index contributed by atoms with van der Waals surface area (Å²) in [6.07, 6.45) is 1.96. The quantitative estimate of drug-likeness (QED) is 0.219. The molecule has 5 rings (SSSR count). The minimum Gasteiger partial charge on any atom is -0.431 e. The number of benzene rings is 3. The fraction of sp³-hybridized carbons (Fsp3) is 0.200. The van der Waals surface area contributed by atoms with Crippen LogP contribution >= 0.6 is 11.8 Å². The molecule has 6 nitrogen and oxygen atoms in total. The smallest absolute Gasteiger partial charge is 0.257 e. The van der Waals surface area contributed by atoms with Crippen LogP contribution < -0.4 is 10.2 Å². The number of carbonyl (C=O) groups excluding carboxylic acids is 1. The van der Waals surface area contributed by atoms with Gasteiger partial charge in [-0.3, -0.25) is 9.69 Å². The van der Waals surface area contributed by atoms with E-state index in [1.165, 1.54) is 17.4 Å². The number of hydrogen-bond acceptors (Lipinski definition) is 6. The van der Waals surface area contributed by atoms with Gasteiger partial charge in [0.15, 0.2) is 5.76 Å². The van der Waals surface area contributed by atoms with Gasteiger partial charge in [0.05, 0.1) is 5.75 Å². The van der Waals surface area contributed by atoms with Crippen LogP contribution in [0.15, 0.2) is 107 Å². The fourth-order valence-electron chi connectivity index (χ4n) is 4.39. The maximum atomic E-state index is 12.7. The molecule has 0 saturated carbocycles. The predicted molar refractivity (Wildman–Crippen MR) is 152 cm³/mol. The Kier molecular flexibility index (Phi) is 8.03. The number of nitrogens with zero attached hydrogens (tertiary/aromatic N) is 3. The van der Waals surface area contributed by atoms with Gasteiger partial charge in [-0.2, -0.15) is 0 Å². The van der Waals surface area contributed by atoms with Crippen molar-refractivity contribution in [3.8, 4) is 22.6 Å². The molecule has 0 radical (unpaired) electrons. The van der Waals surface area contributed by atoms with Gasteiger partial charge in [0, 0.05) is 55.2 Å². The van der Waals surface area contributed by atoms with Crippen molar-refractivity contribution in [2.45, 2.75) is 5.22 Å². The Labute approximate surface area is 222 Å². The first kappa shape index (κ1) is 24.9. The zero-order chi connectivity index (χ0) is 25.5. The maximum absolute atomic E-state index is 12.7. The molecule has 0 unspecified atom stereocenters. The van der Waals surface area contributed by atoms with Gasteiger partial charge < -0.3 is 14.6 Å². The molecule has 0 aliphatic carbocycles. The normalized spacial score (nSPS) is 13.9. The number of aromatic nitrogens is 1. The standard InChI is InChI=1S/C30H30N4O2S/c1-2-17-33-18-20-34(21-19-33)26-15-13-25(14-16-26)31-27(35)22-37-30-32-28(23-9-5-3-6-10-23)29(36-30)24-11-7-4-8-12-24/h2-16H,1,17-22H2,(H,31,35). The van der Waals surface area contributed by atoms with E-state index in [0.29, 0.717) is 11.0 Å². The first-order valence-electron chi connectivity index (χ1n) is 12.4. The van der Waals surface area contributed by atoms with Crippen molar-refractivity contribution in [3.05, 3.63) is 97.6 Å². The molecule has 1 amide bonds. The zero-order valence-electron chi connectivity index (χ0n) is 20.7. The predicted octanol–water partition coefficient (Wildman–Crippen LogP) is 6.05. The van der Waals surface area contributed by atoms with Gasteiger partial charge in [0.1, 0.15) is 5.69 Å². The van der Waals surface area contributed by atoms with Gasteiger partial charge in [0.2, 0.25) is 5.91 Å². The van der Waals surface area contributed by atoms with Crippen LogP contribution in [0.3, 0.4) is 0 Å². The van der Waals surface area contributed by atoms with Crippen LogP contribution in [0.25, 0.3) is 22.6 Å². The molecule has 7 heteroatoms. The van der Waals surface area contributed by atoms with Gasteiger partial charge in [-0.15, -0.1) is 6.58 Å². The van der Waals surface area contributed by atoms with E-state index in [0.717, 1.165) is 55.2 Å². The number of anilines is 2. The number of hydrogen-bond donors (Lipinski definition) is 1. The second kappa shape index (κ2) is 12.0. The number of nitrogens with one attached hydrogen (secondary N) is 1. The molecule has 4 aromatic rings. The van der Waals surface area contributed by atoms with E-state index < -0.39 is 0 Å². The Morgan fingerprint density at radius 3 is 2.22 bits per heavy atom. The van der Waals surface area contributed by atoms with E-state index in [1.54, 1.807) is 0 Å². The number of piperazine rings is 1. The number of thioether (sulfide) groups is 1. The summed E-state index contributed by atoms with van der Waals surface area (Å²) < 4.78 is 6.12. The molecule has 0 bridgehead atoms. The third-order valence-corrected chi connectivity index (χ3v) is 7.12. The van der Waals surface area contributed by atoms with Crippen molar-refractivity contribution in [2.75, 3.05) is 48.7 Å². The van der Waals surface area contributed by atoms with Crippen LogP contribution in [0.4, 0.5) is 11.4 Å². The van der Waals surface area contributed by atoms with Crippen molar-refractivity contribution in [1.29, 1.82) is 0 Å². The lowest BCUT2D eigenvalue weighted by atomic mass is 10.1. The Bertz CT molecular complexity index is 1260. The van der Waals surface area contributed by atoms with Crippen LogP contribution in [-0.4, -0.2) is 54.3 Å². The Balaban J connectivity index is 1.20. The van der Waals surface area contributed by atoms with E-state index in [1.807, 2.05) is 78.9 Å². The highest BCUT2D eigenvalue weighted by Gasteiger charge is 2.19. The molecule has 188 valence electrons. The number of rotatable bonds is 9. The van der Waals surface area contributed by atoms with Crippen molar-refractivity contribution >= 4 is 29.0 Å². The molecule has 37 heavy (non-hydrogen) atoms. The van der Waals surface area contributed by atoms with Crippen LogP contribution in [0.5, 0.6) is 0 Å². The van der Waals surface area contributed by atoms with Crippen molar-refractivity contribution in [1.82, 2.24) is 9.88 Å². The molecule has 1 aliphatic heterocycles. The molecule has 0 spiro atoms. The van der Waals surface area contributed by atoms with Crippen LogP contribution in [-0.2, 0) is 4.79 Å². The third kappa shape index (κ3) is 6.31. The van der Waals surface area contributed by atoms with Crippen molar-refractivity contribution in [3.63, 3.8) is 0 Å². The topological polar surface area (TPSA) is 61.6 Å². The van der Waals surface area contributed by atoms with E-state index in [2.05, 4.69) is 33.8 Å². The van der Waals surface area contributed by atoms with Gasteiger partial charge >= 0.3 is 0 Å². The summed E-state index contributed by atoms with van der Waals surface area (Å²) in [6.45, 7) is 8.79. The lowest BCUT2D eigenvalue weighted by molar-refractivity contribution is -0.113. The monoisotopic (exact) mass is 510 g/mol. The number of carbonyl (C=O) groups is 1. The van der Waals surface area contributed by atoms with Crippen LogP contribution in [0.2, 0.25) is 0 Å². The Morgan fingerprint density at radius 1 is 0.919 bits per heavy atom. The summed E-state index contributed by atoms with van der Waals surface area (Å²) in [5, 5.41) is 3.45. The third-order valence-electron chi connectivity index (χ3n) is 6.29. The first-order valence-corrected chi connectivity index (χ1v) is 13.4. The van der Waals surface area contributed by atoms with E-state index in [-0.39, 0.29) is 11.7 Å². The summed E-state index contributed by atoms with van der Waals surface area (Å²) in [5.41, 5.74) is 4.65. The lowest BCUT2D eigenvalue weighted by Gasteiger charge is -2.35. The highest BCUT2D eigenvalue weighted by molar-refractivity contribution is 7.99. The summed E-state index contributed by atoms with van der Waals surface area (Å²) in [7, 11) is 0. The van der Waals surface area contributed by atoms with Crippen LogP contribution in [0.1, 0.15) is 0 Å². The second-order valence-corrected chi connectivity index (χ2v) is 9.78. The molecule has 3 aromatic carbocycles. The molecule has 1 aliphatic rings. The maximum Gasteiger partial charge on any atom is 0.257 e. The average molecular weight is 511 g/mol. The summed E-state index contributed by atoms with van der Waals surface area (Å²) >= 11 is 1.29. The second-order valence-electron chi connectivity index (χ2n) is 8.85. The largest absolute Gasteiger partial charge is 0.431 e. The summed E-state index contributed by atoms with van der Waals surface area (Å²) in [5.74, 6) is 0.808. The average Bonchev–Trinajstić information content (AvgIpc) is 3.39. The van der Waals surface area contributed by atoms with Gasteiger partial charge in [-0.05, 0) is 24.3 Å². The zero-order valence-corrected chi connectivity index (χ0v) is 21.5. The van der Waals surface area contributed by atoms with Gasteiger partial charge in [0.25, 0.3) is 5.22 Å². The molecule has 1 fully saturated rings. The molecular weight excluding hydrogens is 480 g/mol.